The van der Waals surface area contributed by atoms with Gasteiger partial charge in [-0.25, -0.2) is 9.97 Å². The van der Waals surface area contributed by atoms with E-state index in [2.05, 4.69) is 73.8 Å². The lowest BCUT2D eigenvalue weighted by molar-refractivity contribution is 0.158. The summed E-state index contributed by atoms with van der Waals surface area (Å²) in [5, 5.41) is 7.08. The smallest absolute Gasteiger partial charge is 0.188 e. The van der Waals surface area contributed by atoms with Gasteiger partial charge in [-0.15, -0.1) is 23.1 Å². The number of thioether (sulfide) groups is 1. The Balaban J connectivity index is 1.57. The molecule has 186 valence electrons. The number of aromatic nitrogens is 2. The average Bonchev–Trinajstić information content (AvgIpc) is 3.35. The lowest BCUT2D eigenvalue weighted by Gasteiger charge is -2.19. The van der Waals surface area contributed by atoms with Crippen molar-refractivity contribution in [3.8, 4) is 11.3 Å². The number of hydrogen-bond donors (Lipinski definition) is 1. The summed E-state index contributed by atoms with van der Waals surface area (Å²) >= 11 is 3.42. The average molecular weight is 517 g/mol. The van der Waals surface area contributed by atoms with Crippen LogP contribution in [0.3, 0.4) is 0 Å². The molecule has 0 spiro atoms. The molecule has 2 aromatic carbocycles. The molecule has 0 unspecified atom stereocenters. The SMILES string of the molecule is CCO/N=C(\N)c1ccc(SCc2ccc(C(C)(C)C)cc2)c(Cc2nc(-c3ccccc3)cs2)n1. The van der Waals surface area contributed by atoms with Crippen molar-refractivity contribution in [2.75, 3.05) is 6.61 Å². The van der Waals surface area contributed by atoms with Gasteiger partial charge in [-0.2, -0.15) is 0 Å². The van der Waals surface area contributed by atoms with E-state index in [-0.39, 0.29) is 11.3 Å². The van der Waals surface area contributed by atoms with E-state index in [1.54, 1.807) is 23.1 Å². The molecule has 0 bridgehead atoms. The largest absolute Gasteiger partial charge is 0.394 e. The molecular weight excluding hydrogens is 484 g/mol. The molecule has 0 aliphatic rings. The maximum Gasteiger partial charge on any atom is 0.188 e. The minimum atomic E-state index is 0.147. The van der Waals surface area contributed by atoms with Crippen molar-refractivity contribution < 1.29 is 4.84 Å². The maximum absolute atomic E-state index is 6.13. The highest BCUT2D eigenvalue weighted by atomic mass is 32.2. The Morgan fingerprint density at radius 3 is 2.44 bits per heavy atom. The van der Waals surface area contributed by atoms with Gasteiger partial charge >= 0.3 is 0 Å². The standard InChI is InChI=1S/C29H32N4OS2/c1-5-34-33-28(30)23-15-16-26(35-18-20-11-13-22(14-12-20)29(2,3)4)24(31-23)17-27-32-25(19-36-27)21-9-7-6-8-10-21/h6-16,19H,5,17-18H2,1-4H3,(H2,30,33). The molecule has 5 nitrogen and oxygen atoms in total. The predicted octanol–water partition coefficient (Wildman–Crippen LogP) is 7.04. The number of hydrogen-bond acceptors (Lipinski definition) is 6. The highest BCUT2D eigenvalue weighted by Gasteiger charge is 2.15. The zero-order valence-corrected chi connectivity index (χ0v) is 22.8. The molecule has 0 saturated carbocycles. The first-order chi connectivity index (χ1) is 17.3. The van der Waals surface area contributed by atoms with E-state index in [9.17, 15) is 0 Å². The first-order valence-corrected chi connectivity index (χ1v) is 13.9. The zero-order chi connectivity index (χ0) is 25.5. The highest BCUT2D eigenvalue weighted by molar-refractivity contribution is 7.98. The summed E-state index contributed by atoms with van der Waals surface area (Å²) in [7, 11) is 0. The zero-order valence-electron chi connectivity index (χ0n) is 21.2. The molecule has 0 radical (unpaired) electrons. The Bertz CT molecular complexity index is 1310. The number of benzene rings is 2. The van der Waals surface area contributed by atoms with Crippen LogP contribution in [0.4, 0.5) is 0 Å². The van der Waals surface area contributed by atoms with Crippen LogP contribution in [0.2, 0.25) is 0 Å². The molecule has 7 heteroatoms. The van der Waals surface area contributed by atoms with Crippen LogP contribution >= 0.6 is 23.1 Å². The fourth-order valence-corrected chi connectivity index (χ4v) is 5.38. The Hall–Kier alpha value is -3.16. The molecule has 0 atom stereocenters. The minimum absolute atomic E-state index is 0.147. The first kappa shape index (κ1) is 25.9. The highest BCUT2D eigenvalue weighted by Crippen LogP contribution is 2.30. The fourth-order valence-electron chi connectivity index (χ4n) is 3.61. The Kier molecular flexibility index (Phi) is 8.44. The van der Waals surface area contributed by atoms with E-state index in [4.69, 9.17) is 20.5 Å². The van der Waals surface area contributed by atoms with Gasteiger partial charge in [0.1, 0.15) is 12.3 Å². The molecule has 2 N–H and O–H groups in total. The maximum atomic E-state index is 6.13. The van der Waals surface area contributed by atoms with Crippen molar-refractivity contribution in [3.63, 3.8) is 0 Å². The lowest BCUT2D eigenvalue weighted by atomic mass is 9.87. The van der Waals surface area contributed by atoms with E-state index < -0.39 is 0 Å². The van der Waals surface area contributed by atoms with Crippen LogP contribution < -0.4 is 5.73 Å². The second kappa shape index (κ2) is 11.7. The summed E-state index contributed by atoms with van der Waals surface area (Å²) in [4.78, 5) is 16.0. The van der Waals surface area contributed by atoms with Crippen LogP contribution in [-0.2, 0) is 22.4 Å². The summed E-state index contributed by atoms with van der Waals surface area (Å²) in [6.45, 7) is 9.03. The number of nitrogens with zero attached hydrogens (tertiary/aromatic N) is 3. The number of rotatable bonds is 9. The summed E-state index contributed by atoms with van der Waals surface area (Å²) in [6, 6.07) is 23.1. The van der Waals surface area contributed by atoms with Gasteiger partial charge in [-0.05, 0) is 35.6 Å². The first-order valence-electron chi connectivity index (χ1n) is 12.0. The normalized spacial score (nSPS) is 12.1. The van der Waals surface area contributed by atoms with Gasteiger partial charge in [0, 0.05) is 28.0 Å². The van der Waals surface area contributed by atoms with E-state index in [1.165, 1.54) is 11.1 Å². The predicted molar refractivity (Wildman–Crippen MR) is 152 cm³/mol. The molecule has 4 rings (SSSR count). The van der Waals surface area contributed by atoms with Gasteiger partial charge < -0.3 is 10.6 Å². The van der Waals surface area contributed by atoms with Crippen LogP contribution in [-0.4, -0.2) is 22.4 Å². The fraction of sp³-hybridized carbons (Fsp3) is 0.276. The third-order valence-electron chi connectivity index (χ3n) is 5.64. The summed E-state index contributed by atoms with van der Waals surface area (Å²) in [5.41, 5.74) is 12.5. The van der Waals surface area contributed by atoms with Gasteiger partial charge in [0.05, 0.1) is 16.4 Å². The van der Waals surface area contributed by atoms with E-state index in [1.807, 2.05) is 31.2 Å². The molecule has 2 aromatic heterocycles. The molecule has 0 fully saturated rings. The molecular formula is C29H32N4OS2. The topological polar surface area (TPSA) is 73.4 Å². The van der Waals surface area contributed by atoms with Crippen LogP contribution in [0.15, 0.2) is 82.2 Å². The van der Waals surface area contributed by atoms with Crippen molar-refractivity contribution >= 4 is 28.9 Å². The second-order valence-electron chi connectivity index (χ2n) is 9.44. The number of amidine groups is 1. The van der Waals surface area contributed by atoms with Gasteiger partial charge in [0.15, 0.2) is 5.84 Å². The van der Waals surface area contributed by atoms with Crippen LogP contribution in [0, 0.1) is 0 Å². The molecule has 0 aliphatic carbocycles. The van der Waals surface area contributed by atoms with E-state index in [0.29, 0.717) is 18.7 Å². The molecule has 0 aliphatic heterocycles. The molecule has 2 heterocycles. The summed E-state index contributed by atoms with van der Waals surface area (Å²) in [5.74, 6) is 1.13. The van der Waals surface area contributed by atoms with Crippen molar-refractivity contribution in [3.05, 3.63) is 99.6 Å². The van der Waals surface area contributed by atoms with E-state index in [0.717, 1.165) is 32.6 Å². The van der Waals surface area contributed by atoms with Crippen LogP contribution in [0.5, 0.6) is 0 Å². The van der Waals surface area contributed by atoms with Gasteiger partial charge in [-0.3, -0.25) is 0 Å². The molecule has 0 amide bonds. The number of oxime groups is 1. The van der Waals surface area contributed by atoms with Crippen molar-refractivity contribution in [1.82, 2.24) is 9.97 Å². The third kappa shape index (κ3) is 6.74. The van der Waals surface area contributed by atoms with Crippen molar-refractivity contribution in [2.24, 2.45) is 10.9 Å². The van der Waals surface area contributed by atoms with E-state index >= 15 is 0 Å². The lowest BCUT2D eigenvalue weighted by Crippen LogP contribution is -2.17. The second-order valence-corrected chi connectivity index (χ2v) is 11.4. The summed E-state index contributed by atoms with van der Waals surface area (Å²) in [6.07, 6.45) is 0.624. The van der Waals surface area contributed by atoms with Crippen molar-refractivity contribution in [2.45, 2.75) is 50.2 Å². The number of thiazole rings is 1. The van der Waals surface area contributed by atoms with Crippen LogP contribution in [0.25, 0.3) is 11.3 Å². The minimum Gasteiger partial charge on any atom is -0.394 e. The third-order valence-corrected chi connectivity index (χ3v) is 7.65. The van der Waals surface area contributed by atoms with Crippen molar-refractivity contribution in [1.29, 1.82) is 0 Å². The van der Waals surface area contributed by atoms with Crippen LogP contribution in [0.1, 0.15) is 55.2 Å². The van der Waals surface area contributed by atoms with Gasteiger partial charge in [0.2, 0.25) is 0 Å². The molecule has 4 aromatic rings. The van der Waals surface area contributed by atoms with Gasteiger partial charge in [-0.1, -0.05) is 80.5 Å². The Morgan fingerprint density at radius 2 is 1.75 bits per heavy atom. The Morgan fingerprint density at radius 1 is 1.00 bits per heavy atom. The molecule has 0 saturated heterocycles. The molecule has 36 heavy (non-hydrogen) atoms. The summed E-state index contributed by atoms with van der Waals surface area (Å²) < 4.78 is 0. The number of pyridine rings is 1. The quantitative estimate of drug-likeness (QED) is 0.112. The van der Waals surface area contributed by atoms with Gasteiger partial charge in [0.25, 0.3) is 0 Å². The Labute approximate surface area is 221 Å². The monoisotopic (exact) mass is 516 g/mol. The number of nitrogens with two attached hydrogens (primary N) is 1.